The third kappa shape index (κ3) is 7.05. The van der Waals surface area contributed by atoms with Crippen molar-refractivity contribution < 1.29 is 19.2 Å². The zero-order valence-electron chi connectivity index (χ0n) is 20.2. The van der Waals surface area contributed by atoms with Crippen LogP contribution in [0, 0.1) is 10.1 Å². The number of rotatable bonds is 12. The fourth-order valence-electron chi connectivity index (χ4n) is 4.13. The normalized spacial score (nSPS) is 13.9. The molecule has 10 heteroatoms. The Labute approximate surface area is 210 Å². The average molecular weight is 494 g/mol. The number of nitro groups is 1. The maximum absolute atomic E-state index is 12.4. The van der Waals surface area contributed by atoms with E-state index in [0.717, 1.165) is 38.0 Å². The number of piperazine rings is 1. The summed E-state index contributed by atoms with van der Waals surface area (Å²) in [6.07, 6.45) is 6.79. The number of carbonyl (C=O) groups excluding carboxylic acids is 1. The van der Waals surface area contributed by atoms with Crippen molar-refractivity contribution in [3.63, 3.8) is 0 Å². The van der Waals surface area contributed by atoms with Crippen molar-refractivity contribution in [3.05, 3.63) is 82.9 Å². The van der Waals surface area contributed by atoms with Gasteiger partial charge in [0.1, 0.15) is 13.2 Å². The van der Waals surface area contributed by atoms with Crippen LogP contribution in [0.3, 0.4) is 0 Å². The lowest BCUT2D eigenvalue weighted by Crippen LogP contribution is -2.49. The van der Waals surface area contributed by atoms with Crippen LogP contribution >= 0.6 is 0 Å². The number of unbranched alkanes of at least 4 members (excludes halogenated alkanes) is 1. The van der Waals surface area contributed by atoms with E-state index in [2.05, 4.69) is 9.88 Å². The van der Waals surface area contributed by atoms with E-state index in [9.17, 15) is 14.9 Å². The predicted octanol–water partition coefficient (Wildman–Crippen LogP) is 3.37. The number of aromatic nitrogens is 2. The average Bonchev–Trinajstić information content (AvgIpc) is 3.41. The van der Waals surface area contributed by atoms with Crippen LogP contribution in [0.5, 0.6) is 11.5 Å². The van der Waals surface area contributed by atoms with Gasteiger partial charge in [0.25, 0.3) is 0 Å². The van der Waals surface area contributed by atoms with Gasteiger partial charge in [0.15, 0.2) is 0 Å². The lowest BCUT2D eigenvalue weighted by atomic mass is 10.2. The number of nitrogens with zero attached hydrogens (tertiary/aromatic N) is 5. The van der Waals surface area contributed by atoms with E-state index in [1.165, 1.54) is 0 Å². The monoisotopic (exact) mass is 493 g/mol. The highest BCUT2D eigenvalue weighted by Gasteiger charge is 2.23. The Bertz CT molecular complexity index is 1120. The van der Waals surface area contributed by atoms with E-state index < -0.39 is 4.92 Å². The smallest absolute Gasteiger partial charge is 0.352 e. The molecule has 0 spiro atoms. The third-order valence-corrected chi connectivity index (χ3v) is 6.11. The third-order valence-electron chi connectivity index (χ3n) is 6.11. The van der Waals surface area contributed by atoms with Gasteiger partial charge in [0.2, 0.25) is 17.4 Å². The number of nitro benzene ring substituents is 1. The molecule has 1 amide bonds. The molecule has 1 aromatic heterocycles. The lowest BCUT2D eigenvalue weighted by molar-refractivity contribution is -0.387. The topological polar surface area (TPSA) is 103 Å². The molecule has 1 aliphatic heterocycles. The molecule has 4 rings (SSSR count). The summed E-state index contributed by atoms with van der Waals surface area (Å²) in [5.41, 5.74) is 0.784. The second-order valence-electron chi connectivity index (χ2n) is 8.65. The Hall–Kier alpha value is -3.92. The fourth-order valence-corrected chi connectivity index (χ4v) is 4.13. The first-order valence-electron chi connectivity index (χ1n) is 12.1. The van der Waals surface area contributed by atoms with Crippen LogP contribution in [0.25, 0.3) is 0 Å². The van der Waals surface area contributed by atoms with E-state index in [1.54, 1.807) is 41.5 Å². The van der Waals surface area contributed by atoms with Gasteiger partial charge in [-0.3, -0.25) is 19.8 Å². The first kappa shape index (κ1) is 25.2. The fraction of sp³-hybridized carbons (Fsp3) is 0.385. The van der Waals surface area contributed by atoms with Crippen molar-refractivity contribution in [3.8, 4) is 11.5 Å². The summed E-state index contributed by atoms with van der Waals surface area (Å²) in [7, 11) is 0. The van der Waals surface area contributed by atoms with E-state index in [4.69, 9.17) is 9.47 Å². The van der Waals surface area contributed by atoms with Crippen molar-refractivity contribution in [1.82, 2.24) is 19.4 Å². The number of hydrogen-bond acceptors (Lipinski definition) is 7. The Morgan fingerprint density at radius 3 is 2.42 bits per heavy atom. The van der Waals surface area contributed by atoms with Crippen molar-refractivity contribution in [1.29, 1.82) is 0 Å². The largest absolute Gasteiger partial charge is 0.487 e. The Morgan fingerprint density at radius 2 is 1.72 bits per heavy atom. The molecule has 2 aromatic carbocycles. The molecular weight excluding hydrogens is 462 g/mol. The highest BCUT2D eigenvalue weighted by atomic mass is 16.6. The maximum atomic E-state index is 12.4. The minimum atomic E-state index is -0.455. The molecule has 0 unspecified atom stereocenters. The number of ether oxygens (including phenoxy) is 2. The molecule has 190 valence electrons. The molecule has 0 radical (unpaired) electrons. The zero-order chi connectivity index (χ0) is 25.2. The van der Waals surface area contributed by atoms with Gasteiger partial charge in [0.05, 0.1) is 17.9 Å². The summed E-state index contributed by atoms with van der Waals surface area (Å²) in [4.78, 5) is 31.9. The zero-order valence-corrected chi connectivity index (χ0v) is 20.2. The lowest BCUT2D eigenvalue weighted by Gasteiger charge is -2.34. The second kappa shape index (κ2) is 12.7. The van der Waals surface area contributed by atoms with E-state index >= 15 is 0 Å². The summed E-state index contributed by atoms with van der Waals surface area (Å²) in [5, 5.41) is 11.7. The molecule has 1 aliphatic rings. The standard InChI is InChI=1S/C26H31N5O5/c32-25(19-29-13-11-27-21-29)30-16-14-28(15-17-30)12-4-5-18-35-23-9-6-10-24(26(23)31(33)34)36-20-22-7-2-1-3-8-22/h1-3,6-11,13,21H,4-5,12,14-20H2. The van der Waals surface area contributed by atoms with Gasteiger partial charge < -0.3 is 18.9 Å². The van der Waals surface area contributed by atoms with Gasteiger partial charge in [0, 0.05) is 38.6 Å². The van der Waals surface area contributed by atoms with Gasteiger partial charge in [-0.25, -0.2) is 4.98 Å². The molecule has 1 fully saturated rings. The van der Waals surface area contributed by atoms with Crippen molar-refractivity contribution >= 4 is 11.6 Å². The highest BCUT2D eigenvalue weighted by molar-refractivity contribution is 5.76. The van der Waals surface area contributed by atoms with Gasteiger partial charge in [-0.15, -0.1) is 0 Å². The number of benzene rings is 2. The van der Waals surface area contributed by atoms with Crippen molar-refractivity contribution in [2.45, 2.75) is 26.0 Å². The van der Waals surface area contributed by atoms with Crippen LogP contribution in [0.2, 0.25) is 0 Å². The quantitative estimate of drug-likeness (QED) is 0.216. The van der Waals surface area contributed by atoms with E-state index in [0.29, 0.717) is 26.2 Å². The Balaban J connectivity index is 1.18. The Kier molecular flexibility index (Phi) is 8.87. The number of carbonyl (C=O) groups is 1. The summed E-state index contributed by atoms with van der Waals surface area (Å²) in [5.74, 6) is 0.523. The van der Waals surface area contributed by atoms with Crippen LogP contribution < -0.4 is 9.47 Å². The number of hydrogen-bond donors (Lipinski definition) is 0. The van der Waals surface area contributed by atoms with Crippen molar-refractivity contribution in [2.24, 2.45) is 0 Å². The molecule has 36 heavy (non-hydrogen) atoms. The van der Waals surface area contributed by atoms with Gasteiger partial charge in [-0.1, -0.05) is 36.4 Å². The van der Waals surface area contributed by atoms with Crippen LogP contribution in [0.1, 0.15) is 18.4 Å². The van der Waals surface area contributed by atoms with Crippen LogP contribution in [0.15, 0.2) is 67.3 Å². The van der Waals surface area contributed by atoms with Crippen LogP contribution in [-0.4, -0.2) is 69.5 Å². The first-order chi connectivity index (χ1) is 17.6. The molecule has 2 heterocycles. The summed E-state index contributed by atoms with van der Waals surface area (Å²) < 4.78 is 13.3. The van der Waals surface area contributed by atoms with Gasteiger partial charge in [-0.05, 0) is 37.1 Å². The molecule has 0 atom stereocenters. The Morgan fingerprint density at radius 1 is 0.972 bits per heavy atom. The van der Waals surface area contributed by atoms with Crippen LogP contribution in [0.4, 0.5) is 5.69 Å². The minimum absolute atomic E-state index is 0.109. The molecule has 0 aliphatic carbocycles. The number of para-hydroxylation sites is 1. The number of imidazole rings is 1. The van der Waals surface area contributed by atoms with Gasteiger partial charge in [-0.2, -0.15) is 0 Å². The highest BCUT2D eigenvalue weighted by Crippen LogP contribution is 2.37. The van der Waals surface area contributed by atoms with Crippen molar-refractivity contribution in [2.75, 3.05) is 39.3 Å². The summed E-state index contributed by atoms with van der Waals surface area (Å²) in [6, 6.07) is 14.4. The van der Waals surface area contributed by atoms with E-state index in [1.807, 2.05) is 35.2 Å². The van der Waals surface area contributed by atoms with Crippen LogP contribution in [-0.2, 0) is 17.9 Å². The maximum Gasteiger partial charge on any atom is 0.352 e. The molecule has 0 bridgehead atoms. The molecule has 0 saturated carbocycles. The van der Waals surface area contributed by atoms with E-state index in [-0.39, 0.29) is 29.7 Å². The molecular formula is C26H31N5O5. The first-order valence-corrected chi connectivity index (χ1v) is 12.1. The van der Waals surface area contributed by atoms with Gasteiger partial charge >= 0.3 is 5.69 Å². The second-order valence-corrected chi connectivity index (χ2v) is 8.65. The number of amides is 1. The minimum Gasteiger partial charge on any atom is -0.487 e. The molecule has 10 nitrogen and oxygen atoms in total. The molecule has 1 saturated heterocycles. The SMILES string of the molecule is O=C(Cn1ccnc1)N1CCN(CCCCOc2cccc(OCc3ccccc3)c2[N+](=O)[O-])CC1. The summed E-state index contributed by atoms with van der Waals surface area (Å²) >= 11 is 0. The predicted molar refractivity (Wildman–Crippen MR) is 134 cm³/mol. The molecule has 3 aromatic rings. The molecule has 0 N–H and O–H groups in total. The summed E-state index contributed by atoms with van der Waals surface area (Å²) in [6.45, 7) is 4.95.